The summed E-state index contributed by atoms with van der Waals surface area (Å²) >= 11 is 0. The molecule has 1 saturated carbocycles. The maximum Gasteiger partial charge on any atom is 0.338 e. The SMILES string of the molecule is O=C(O)c1coc(CNCC2CC2)c1. The smallest absolute Gasteiger partial charge is 0.338 e. The normalized spacial score (nSPS) is 15.7. The van der Waals surface area contributed by atoms with Gasteiger partial charge in [0.1, 0.15) is 12.0 Å². The molecule has 1 aromatic heterocycles. The quantitative estimate of drug-likeness (QED) is 0.747. The van der Waals surface area contributed by atoms with Gasteiger partial charge in [0.15, 0.2) is 0 Å². The van der Waals surface area contributed by atoms with Gasteiger partial charge in [-0.2, -0.15) is 0 Å². The summed E-state index contributed by atoms with van der Waals surface area (Å²) in [5.41, 5.74) is 0.216. The fourth-order valence-electron chi connectivity index (χ4n) is 1.31. The molecule has 14 heavy (non-hydrogen) atoms. The number of nitrogens with one attached hydrogen (secondary N) is 1. The van der Waals surface area contributed by atoms with Gasteiger partial charge in [0.05, 0.1) is 12.1 Å². The van der Waals surface area contributed by atoms with Crippen LogP contribution >= 0.6 is 0 Å². The Balaban J connectivity index is 1.79. The lowest BCUT2D eigenvalue weighted by molar-refractivity contribution is 0.0696. The van der Waals surface area contributed by atoms with Crippen LogP contribution < -0.4 is 5.32 Å². The van der Waals surface area contributed by atoms with Crippen molar-refractivity contribution in [2.45, 2.75) is 19.4 Å². The van der Waals surface area contributed by atoms with Crippen LogP contribution in [0.3, 0.4) is 0 Å². The Morgan fingerprint density at radius 2 is 2.43 bits per heavy atom. The molecule has 1 aromatic rings. The summed E-state index contributed by atoms with van der Waals surface area (Å²) < 4.78 is 5.08. The first-order valence-corrected chi connectivity index (χ1v) is 4.77. The summed E-state index contributed by atoms with van der Waals surface area (Å²) in [6.45, 7) is 1.62. The van der Waals surface area contributed by atoms with Crippen LogP contribution in [0.5, 0.6) is 0 Å². The molecule has 0 aliphatic heterocycles. The third kappa shape index (κ3) is 2.35. The molecule has 1 heterocycles. The monoisotopic (exact) mass is 195 g/mol. The van der Waals surface area contributed by atoms with Crippen molar-refractivity contribution in [3.05, 3.63) is 23.7 Å². The molecule has 76 valence electrons. The Labute approximate surface area is 81.9 Å². The molecule has 4 nitrogen and oxygen atoms in total. The van der Waals surface area contributed by atoms with E-state index < -0.39 is 5.97 Å². The van der Waals surface area contributed by atoms with Gasteiger partial charge in [0.25, 0.3) is 0 Å². The summed E-state index contributed by atoms with van der Waals surface area (Å²) in [6.07, 6.45) is 3.90. The van der Waals surface area contributed by atoms with Gasteiger partial charge < -0.3 is 14.8 Å². The maximum absolute atomic E-state index is 10.5. The zero-order chi connectivity index (χ0) is 9.97. The molecule has 0 unspecified atom stereocenters. The van der Waals surface area contributed by atoms with Crippen molar-refractivity contribution in [3.63, 3.8) is 0 Å². The molecule has 1 aliphatic carbocycles. The van der Waals surface area contributed by atoms with E-state index in [0.717, 1.165) is 12.5 Å². The number of carboxylic acids is 1. The van der Waals surface area contributed by atoms with Crippen molar-refractivity contribution in [3.8, 4) is 0 Å². The van der Waals surface area contributed by atoms with Crippen LogP contribution in [-0.4, -0.2) is 17.6 Å². The fraction of sp³-hybridized carbons (Fsp3) is 0.500. The van der Waals surface area contributed by atoms with Crippen LogP contribution in [0.15, 0.2) is 16.7 Å². The average Bonchev–Trinajstić information content (AvgIpc) is 2.82. The van der Waals surface area contributed by atoms with E-state index in [1.807, 2.05) is 0 Å². The van der Waals surface area contributed by atoms with Gasteiger partial charge >= 0.3 is 5.97 Å². The Hall–Kier alpha value is -1.29. The minimum Gasteiger partial charge on any atom is -0.478 e. The lowest BCUT2D eigenvalue weighted by Gasteiger charge is -1.98. The zero-order valence-electron chi connectivity index (χ0n) is 7.82. The predicted octanol–water partition coefficient (Wildman–Crippen LogP) is 1.48. The summed E-state index contributed by atoms with van der Waals surface area (Å²) in [5.74, 6) is 0.564. The Kier molecular flexibility index (Phi) is 2.54. The Bertz CT molecular complexity index is 328. The van der Waals surface area contributed by atoms with E-state index in [1.54, 1.807) is 6.07 Å². The third-order valence-corrected chi connectivity index (χ3v) is 2.33. The first-order chi connectivity index (χ1) is 6.75. The van der Waals surface area contributed by atoms with Crippen LogP contribution in [0.2, 0.25) is 0 Å². The fourth-order valence-corrected chi connectivity index (χ4v) is 1.31. The largest absolute Gasteiger partial charge is 0.478 e. The second-order valence-electron chi connectivity index (χ2n) is 3.68. The molecule has 0 bridgehead atoms. The molecular formula is C10H13NO3. The number of aromatic carboxylic acids is 1. The third-order valence-electron chi connectivity index (χ3n) is 2.33. The van der Waals surface area contributed by atoms with Crippen molar-refractivity contribution >= 4 is 5.97 Å². The molecular weight excluding hydrogens is 182 g/mol. The highest BCUT2D eigenvalue weighted by molar-refractivity contribution is 5.87. The molecule has 0 spiro atoms. The van der Waals surface area contributed by atoms with E-state index in [2.05, 4.69) is 5.32 Å². The summed E-state index contributed by atoms with van der Waals surface area (Å²) in [5, 5.41) is 11.9. The van der Waals surface area contributed by atoms with Crippen LogP contribution in [0.25, 0.3) is 0 Å². The number of carboxylic acid groups (broad SMARTS) is 1. The number of furan rings is 1. The van der Waals surface area contributed by atoms with Crippen LogP contribution in [0.1, 0.15) is 29.0 Å². The van der Waals surface area contributed by atoms with Gasteiger partial charge in [-0.1, -0.05) is 0 Å². The van der Waals surface area contributed by atoms with Crippen LogP contribution in [0, 0.1) is 5.92 Å². The van der Waals surface area contributed by atoms with E-state index in [-0.39, 0.29) is 5.56 Å². The van der Waals surface area contributed by atoms with Crippen molar-refractivity contribution < 1.29 is 14.3 Å². The highest BCUT2D eigenvalue weighted by Crippen LogP contribution is 2.27. The first-order valence-electron chi connectivity index (χ1n) is 4.77. The van der Waals surface area contributed by atoms with Gasteiger partial charge in [-0.25, -0.2) is 4.79 Å². The molecule has 0 atom stereocenters. The zero-order valence-corrected chi connectivity index (χ0v) is 7.82. The second-order valence-corrected chi connectivity index (χ2v) is 3.68. The highest BCUT2D eigenvalue weighted by atomic mass is 16.4. The van der Waals surface area contributed by atoms with Gasteiger partial charge in [-0.3, -0.25) is 0 Å². The number of carbonyl (C=O) groups is 1. The molecule has 1 aliphatic rings. The molecule has 2 N–H and O–H groups in total. The first kappa shape index (κ1) is 9.27. The minimum absolute atomic E-state index is 0.216. The van der Waals surface area contributed by atoms with E-state index >= 15 is 0 Å². The molecule has 0 radical (unpaired) electrons. The maximum atomic E-state index is 10.5. The van der Waals surface area contributed by atoms with Crippen LogP contribution in [-0.2, 0) is 6.54 Å². The lowest BCUT2D eigenvalue weighted by Crippen LogP contribution is -2.15. The predicted molar refractivity (Wildman–Crippen MR) is 50.1 cm³/mol. The number of hydrogen-bond acceptors (Lipinski definition) is 3. The standard InChI is InChI=1S/C10H13NO3/c12-10(13)8-3-9(14-6-8)5-11-4-7-1-2-7/h3,6-7,11H,1-2,4-5H2,(H,12,13). The van der Waals surface area contributed by atoms with Crippen molar-refractivity contribution in [2.75, 3.05) is 6.54 Å². The van der Waals surface area contributed by atoms with Crippen molar-refractivity contribution in [1.82, 2.24) is 5.32 Å². The minimum atomic E-state index is -0.942. The molecule has 4 heteroatoms. The van der Waals surface area contributed by atoms with Crippen molar-refractivity contribution in [2.24, 2.45) is 5.92 Å². The van der Waals surface area contributed by atoms with Gasteiger partial charge in [0, 0.05) is 0 Å². The van der Waals surface area contributed by atoms with Crippen LogP contribution in [0.4, 0.5) is 0 Å². The molecule has 0 amide bonds. The molecule has 1 fully saturated rings. The molecule has 0 aromatic carbocycles. The Morgan fingerprint density at radius 3 is 3.00 bits per heavy atom. The average molecular weight is 195 g/mol. The van der Waals surface area contributed by atoms with Gasteiger partial charge in [-0.05, 0) is 31.4 Å². The highest BCUT2D eigenvalue weighted by Gasteiger charge is 2.20. The number of rotatable bonds is 5. The van der Waals surface area contributed by atoms with Gasteiger partial charge in [-0.15, -0.1) is 0 Å². The van der Waals surface area contributed by atoms with E-state index in [0.29, 0.717) is 12.3 Å². The van der Waals surface area contributed by atoms with E-state index in [1.165, 1.54) is 19.1 Å². The molecule has 0 saturated heterocycles. The number of hydrogen-bond donors (Lipinski definition) is 2. The van der Waals surface area contributed by atoms with E-state index in [4.69, 9.17) is 9.52 Å². The summed E-state index contributed by atoms with van der Waals surface area (Å²) in [7, 11) is 0. The summed E-state index contributed by atoms with van der Waals surface area (Å²) in [4.78, 5) is 10.5. The summed E-state index contributed by atoms with van der Waals surface area (Å²) in [6, 6.07) is 1.56. The van der Waals surface area contributed by atoms with Gasteiger partial charge in [0.2, 0.25) is 0 Å². The van der Waals surface area contributed by atoms with E-state index in [9.17, 15) is 4.79 Å². The topological polar surface area (TPSA) is 62.5 Å². The second kappa shape index (κ2) is 3.84. The Morgan fingerprint density at radius 1 is 1.64 bits per heavy atom. The van der Waals surface area contributed by atoms with Crippen molar-refractivity contribution in [1.29, 1.82) is 0 Å². The molecule has 2 rings (SSSR count). The lowest BCUT2D eigenvalue weighted by atomic mass is 10.3.